The Morgan fingerprint density at radius 1 is 1.47 bits per heavy atom. The summed E-state index contributed by atoms with van der Waals surface area (Å²) in [6.45, 7) is 2.20. The Hall–Kier alpha value is -1.26. The van der Waals surface area contributed by atoms with Gasteiger partial charge in [0, 0.05) is 6.04 Å². The van der Waals surface area contributed by atoms with E-state index in [1.807, 2.05) is 0 Å². The Bertz CT molecular complexity index is 243. The highest BCUT2D eigenvalue weighted by atomic mass is 16.5. The zero-order valence-electron chi connectivity index (χ0n) is 8.99. The van der Waals surface area contributed by atoms with Gasteiger partial charge >= 0.3 is 12.0 Å². The van der Waals surface area contributed by atoms with Crippen LogP contribution in [0.3, 0.4) is 0 Å². The molecule has 0 saturated heterocycles. The molecule has 1 aliphatic carbocycles. The van der Waals surface area contributed by atoms with Crippen LogP contribution in [0.25, 0.3) is 0 Å². The second kappa shape index (κ2) is 5.58. The number of nitrogens with two attached hydrogens (primary N) is 1. The van der Waals surface area contributed by atoms with E-state index in [-0.39, 0.29) is 17.9 Å². The number of nitrogens with one attached hydrogen (secondary N) is 1. The van der Waals surface area contributed by atoms with Crippen LogP contribution in [-0.2, 0) is 9.53 Å². The van der Waals surface area contributed by atoms with Crippen molar-refractivity contribution >= 4 is 12.0 Å². The average Bonchev–Trinajstić information content (AvgIpc) is 2.17. The molecule has 0 aromatic rings. The van der Waals surface area contributed by atoms with Gasteiger partial charge in [0.25, 0.3) is 0 Å². The smallest absolute Gasteiger partial charge is 0.312 e. The lowest BCUT2D eigenvalue weighted by Crippen LogP contribution is -2.42. The molecule has 0 heterocycles. The molecule has 0 aromatic heterocycles. The molecule has 1 rings (SSSR count). The van der Waals surface area contributed by atoms with Crippen molar-refractivity contribution in [1.29, 1.82) is 0 Å². The predicted molar refractivity (Wildman–Crippen MR) is 55.1 cm³/mol. The number of ether oxygens (including phenoxy) is 1. The molecule has 0 radical (unpaired) electrons. The summed E-state index contributed by atoms with van der Waals surface area (Å²) < 4.78 is 4.95. The molecule has 2 atom stereocenters. The van der Waals surface area contributed by atoms with E-state index in [1.54, 1.807) is 6.92 Å². The molecule has 86 valence electrons. The van der Waals surface area contributed by atoms with Gasteiger partial charge in [0.1, 0.15) is 0 Å². The Labute approximate surface area is 89.3 Å². The van der Waals surface area contributed by atoms with E-state index in [9.17, 15) is 9.59 Å². The predicted octanol–water partition coefficient (Wildman–Crippen LogP) is 0.777. The number of carbonyl (C=O) groups excluding carboxylic acids is 2. The summed E-state index contributed by atoms with van der Waals surface area (Å²) in [6, 6.07) is -0.504. The van der Waals surface area contributed by atoms with Crippen molar-refractivity contribution < 1.29 is 14.3 Å². The Morgan fingerprint density at radius 3 is 2.80 bits per heavy atom. The lowest BCUT2D eigenvalue weighted by atomic mass is 9.86. The zero-order chi connectivity index (χ0) is 11.3. The quantitative estimate of drug-likeness (QED) is 0.681. The first-order valence-corrected chi connectivity index (χ1v) is 5.36. The summed E-state index contributed by atoms with van der Waals surface area (Å²) >= 11 is 0. The van der Waals surface area contributed by atoms with Crippen LogP contribution in [0.2, 0.25) is 0 Å². The van der Waals surface area contributed by atoms with Gasteiger partial charge in [-0.15, -0.1) is 0 Å². The fourth-order valence-corrected chi connectivity index (χ4v) is 2.00. The molecule has 2 amide bonds. The number of hydrogen-bond acceptors (Lipinski definition) is 3. The third kappa shape index (κ3) is 3.77. The lowest BCUT2D eigenvalue weighted by molar-refractivity contribution is -0.149. The van der Waals surface area contributed by atoms with Crippen LogP contribution in [-0.4, -0.2) is 24.6 Å². The van der Waals surface area contributed by atoms with Gasteiger partial charge in [-0.3, -0.25) is 4.79 Å². The summed E-state index contributed by atoms with van der Waals surface area (Å²) in [7, 11) is 0. The van der Waals surface area contributed by atoms with E-state index in [1.165, 1.54) is 0 Å². The van der Waals surface area contributed by atoms with E-state index in [4.69, 9.17) is 10.5 Å². The molecular weight excluding hydrogens is 196 g/mol. The maximum absolute atomic E-state index is 11.5. The van der Waals surface area contributed by atoms with Gasteiger partial charge in [0.05, 0.1) is 12.5 Å². The third-order valence-corrected chi connectivity index (χ3v) is 2.64. The molecule has 5 nitrogen and oxygen atoms in total. The van der Waals surface area contributed by atoms with Crippen LogP contribution in [0.5, 0.6) is 0 Å². The number of rotatable bonds is 3. The Kier molecular flexibility index (Phi) is 4.39. The van der Waals surface area contributed by atoms with Crippen LogP contribution in [0, 0.1) is 5.92 Å². The largest absolute Gasteiger partial charge is 0.466 e. The standard InChI is InChI=1S/C10H18N2O3/c1-2-15-9(13)7-4-3-5-8(6-7)12-10(11)14/h7-8H,2-6H2,1H3,(H3,11,12,14). The van der Waals surface area contributed by atoms with Crippen LogP contribution in [0.1, 0.15) is 32.6 Å². The molecular formula is C10H18N2O3. The Morgan fingerprint density at radius 2 is 2.20 bits per heavy atom. The summed E-state index contributed by atoms with van der Waals surface area (Å²) in [5.74, 6) is -0.246. The highest BCUT2D eigenvalue weighted by Crippen LogP contribution is 2.25. The molecule has 0 aromatic carbocycles. The maximum atomic E-state index is 11.5. The van der Waals surface area contributed by atoms with Crippen molar-refractivity contribution in [1.82, 2.24) is 5.32 Å². The van der Waals surface area contributed by atoms with Crippen molar-refractivity contribution in [2.45, 2.75) is 38.6 Å². The molecule has 3 N–H and O–H groups in total. The Balaban J connectivity index is 2.41. The molecule has 5 heteroatoms. The molecule has 0 bridgehead atoms. The second-order valence-electron chi connectivity index (χ2n) is 3.82. The molecule has 1 fully saturated rings. The minimum Gasteiger partial charge on any atom is -0.466 e. The molecule has 1 saturated carbocycles. The molecule has 15 heavy (non-hydrogen) atoms. The van der Waals surface area contributed by atoms with Crippen molar-refractivity contribution in [2.75, 3.05) is 6.61 Å². The summed E-state index contributed by atoms with van der Waals surface area (Å²) in [5.41, 5.74) is 5.04. The van der Waals surface area contributed by atoms with Crippen molar-refractivity contribution in [2.24, 2.45) is 11.7 Å². The average molecular weight is 214 g/mol. The van der Waals surface area contributed by atoms with Crippen LogP contribution in [0.4, 0.5) is 4.79 Å². The fourth-order valence-electron chi connectivity index (χ4n) is 2.00. The molecule has 0 aliphatic heterocycles. The summed E-state index contributed by atoms with van der Waals surface area (Å²) in [4.78, 5) is 22.1. The molecule has 0 spiro atoms. The fraction of sp³-hybridized carbons (Fsp3) is 0.800. The summed E-state index contributed by atoms with van der Waals surface area (Å²) in [6.07, 6.45) is 3.30. The van der Waals surface area contributed by atoms with Crippen LogP contribution in [0.15, 0.2) is 0 Å². The van der Waals surface area contributed by atoms with E-state index >= 15 is 0 Å². The number of amides is 2. The highest BCUT2D eigenvalue weighted by molar-refractivity contribution is 5.74. The molecule has 1 aliphatic rings. The first kappa shape index (κ1) is 11.8. The third-order valence-electron chi connectivity index (χ3n) is 2.64. The highest BCUT2D eigenvalue weighted by Gasteiger charge is 2.28. The number of hydrogen-bond donors (Lipinski definition) is 2. The van der Waals surface area contributed by atoms with Crippen LogP contribution >= 0.6 is 0 Å². The first-order chi connectivity index (χ1) is 7.13. The van der Waals surface area contributed by atoms with E-state index in [0.29, 0.717) is 13.0 Å². The SMILES string of the molecule is CCOC(=O)C1CCCC(NC(N)=O)C1. The minimum absolute atomic E-state index is 0.0191. The summed E-state index contributed by atoms with van der Waals surface area (Å²) in [5, 5.41) is 2.64. The van der Waals surface area contributed by atoms with Gasteiger partial charge in [0.15, 0.2) is 0 Å². The first-order valence-electron chi connectivity index (χ1n) is 5.36. The number of urea groups is 1. The van der Waals surface area contributed by atoms with Gasteiger partial charge in [0.2, 0.25) is 0 Å². The van der Waals surface area contributed by atoms with Gasteiger partial charge in [-0.1, -0.05) is 6.42 Å². The number of carbonyl (C=O) groups is 2. The zero-order valence-corrected chi connectivity index (χ0v) is 8.99. The lowest BCUT2D eigenvalue weighted by Gasteiger charge is -2.27. The number of primary amides is 1. The van der Waals surface area contributed by atoms with Crippen molar-refractivity contribution in [3.8, 4) is 0 Å². The maximum Gasteiger partial charge on any atom is 0.312 e. The van der Waals surface area contributed by atoms with E-state index in [2.05, 4.69) is 5.32 Å². The van der Waals surface area contributed by atoms with Crippen LogP contribution < -0.4 is 11.1 Å². The van der Waals surface area contributed by atoms with Crippen molar-refractivity contribution in [3.05, 3.63) is 0 Å². The number of esters is 1. The van der Waals surface area contributed by atoms with E-state index < -0.39 is 6.03 Å². The minimum atomic E-state index is -0.524. The van der Waals surface area contributed by atoms with Gasteiger partial charge < -0.3 is 15.8 Å². The normalized spacial score (nSPS) is 25.7. The molecule has 2 unspecified atom stereocenters. The van der Waals surface area contributed by atoms with E-state index in [0.717, 1.165) is 19.3 Å². The van der Waals surface area contributed by atoms with Gasteiger partial charge in [-0.05, 0) is 26.2 Å². The van der Waals surface area contributed by atoms with Gasteiger partial charge in [-0.2, -0.15) is 0 Å². The topological polar surface area (TPSA) is 81.4 Å². The second-order valence-corrected chi connectivity index (χ2v) is 3.82. The van der Waals surface area contributed by atoms with Crippen molar-refractivity contribution in [3.63, 3.8) is 0 Å². The van der Waals surface area contributed by atoms with Gasteiger partial charge in [-0.25, -0.2) is 4.79 Å². The monoisotopic (exact) mass is 214 g/mol.